The van der Waals surface area contributed by atoms with Crippen LogP contribution in [0.15, 0.2) is 0 Å². The first kappa shape index (κ1) is 14.2. The monoisotopic (exact) mass is 255 g/mol. The lowest BCUT2D eigenvalue weighted by Gasteiger charge is -2.29. The SMILES string of the molecule is CNC(CCCC(F)(F)F)C1CCCCS1. The van der Waals surface area contributed by atoms with E-state index in [9.17, 15) is 13.2 Å². The summed E-state index contributed by atoms with van der Waals surface area (Å²) in [7, 11) is 1.85. The van der Waals surface area contributed by atoms with Gasteiger partial charge in [-0.25, -0.2) is 0 Å². The van der Waals surface area contributed by atoms with Gasteiger partial charge in [0.2, 0.25) is 0 Å². The lowest BCUT2D eigenvalue weighted by molar-refractivity contribution is -0.135. The second-order valence-electron chi connectivity index (χ2n) is 4.31. The number of hydrogen-bond donors (Lipinski definition) is 1. The third kappa shape index (κ3) is 5.43. The molecular weight excluding hydrogens is 235 g/mol. The van der Waals surface area contributed by atoms with E-state index >= 15 is 0 Å². The molecule has 1 aliphatic rings. The van der Waals surface area contributed by atoms with Gasteiger partial charge in [0.25, 0.3) is 0 Å². The molecule has 0 bridgehead atoms. The molecule has 1 nitrogen and oxygen atoms in total. The standard InChI is InChI=1S/C11H20F3NS/c1-15-9(5-4-7-11(12,13)14)10-6-2-3-8-16-10/h9-10,15H,2-8H2,1H3. The third-order valence-electron chi connectivity index (χ3n) is 3.01. The van der Waals surface area contributed by atoms with Crippen LogP contribution in [-0.4, -0.2) is 30.3 Å². The molecule has 0 amide bonds. The average molecular weight is 255 g/mol. The predicted molar refractivity (Wildman–Crippen MR) is 62.9 cm³/mol. The van der Waals surface area contributed by atoms with E-state index < -0.39 is 12.6 Å². The molecule has 16 heavy (non-hydrogen) atoms. The van der Waals surface area contributed by atoms with Crippen molar-refractivity contribution in [1.82, 2.24) is 5.32 Å². The van der Waals surface area contributed by atoms with Gasteiger partial charge in [0.05, 0.1) is 0 Å². The summed E-state index contributed by atoms with van der Waals surface area (Å²) in [5.41, 5.74) is 0. The molecule has 2 atom stereocenters. The summed E-state index contributed by atoms with van der Waals surface area (Å²) in [6.07, 6.45) is -0.169. The van der Waals surface area contributed by atoms with Crippen LogP contribution < -0.4 is 5.32 Å². The van der Waals surface area contributed by atoms with E-state index in [1.807, 2.05) is 18.8 Å². The number of rotatable bonds is 5. The maximum absolute atomic E-state index is 12.0. The zero-order valence-corrected chi connectivity index (χ0v) is 10.5. The zero-order chi connectivity index (χ0) is 12.0. The van der Waals surface area contributed by atoms with Gasteiger partial charge in [-0.05, 0) is 38.5 Å². The topological polar surface area (TPSA) is 12.0 Å². The van der Waals surface area contributed by atoms with E-state index in [1.165, 1.54) is 12.8 Å². The highest BCUT2D eigenvalue weighted by atomic mass is 32.2. The Balaban J connectivity index is 2.25. The van der Waals surface area contributed by atoms with Gasteiger partial charge in [-0.15, -0.1) is 0 Å². The van der Waals surface area contributed by atoms with Crippen molar-refractivity contribution in [2.45, 2.75) is 56.0 Å². The van der Waals surface area contributed by atoms with Crippen LogP contribution >= 0.6 is 11.8 Å². The first-order valence-corrected chi connectivity index (χ1v) is 6.93. The van der Waals surface area contributed by atoms with E-state index in [2.05, 4.69) is 5.32 Å². The molecule has 0 aliphatic carbocycles. The van der Waals surface area contributed by atoms with Gasteiger partial charge in [0, 0.05) is 17.7 Å². The summed E-state index contributed by atoms with van der Waals surface area (Å²) >= 11 is 1.91. The molecule has 96 valence electrons. The third-order valence-corrected chi connectivity index (χ3v) is 4.53. The number of nitrogens with one attached hydrogen (secondary N) is 1. The Kier molecular flexibility index (Phi) is 5.97. The second-order valence-corrected chi connectivity index (χ2v) is 5.65. The lowest BCUT2D eigenvalue weighted by Crippen LogP contribution is -2.37. The fourth-order valence-corrected chi connectivity index (χ4v) is 3.63. The highest BCUT2D eigenvalue weighted by molar-refractivity contribution is 8.00. The van der Waals surface area contributed by atoms with E-state index in [1.54, 1.807) is 0 Å². The Bertz CT molecular complexity index is 190. The molecule has 1 aliphatic heterocycles. The summed E-state index contributed by atoms with van der Waals surface area (Å²) in [5, 5.41) is 3.68. The molecule has 1 rings (SSSR count). The summed E-state index contributed by atoms with van der Waals surface area (Å²) in [5.74, 6) is 1.15. The largest absolute Gasteiger partial charge is 0.389 e. The highest BCUT2D eigenvalue weighted by Gasteiger charge is 2.28. The van der Waals surface area contributed by atoms with Crippen LogP contribution in [0.5, 0.6) is 0 Å². The van der Waals surface area contributed by atoms with Crippen LogP contribution in [0.25, 0.3) is 0 Å². The zero-order valence-electron chi connectivity index (χ0n) is 9.65. The molecule has 1 saturated heterocycles. The van der Waals surface area contributed by atoms with Gasteiger partial charge in [-0.2, -0.15) is 24.9 Å². The first-order valence-electron chi connectivity index (χ1n) is 5.88. The van der Waals surface area contributed by atoms with E-state index in [4.69, 9.17) is 0 Å². The smallest absolute Gasteiger partial charge is 0.316 e. The van der Waals surface area contributed by atoms with Crippen molar-refractivity contribution in [3.05, 3.63) is 0 Å². The van der Waals surface area contributed by atoms with Gasteiger partial charge in [0.1, 0.15) is 0 Å². The molecule has 1 fully saturated rings. The van der Waals surface area contributed by atoms with Crippen molar-refractivity contribution in [2.24, 2.45) is 0 Å². The molecule has 0 radical (unpaired) electrons. The van der Waals surface area contributed by atoms with Crippen molar-refractivity contribution in [3.8, 4) is 0 Å². The van der Waals surface area contributed by atoms with Crippen LogP contribution in [0.1, 0.15) is 38.5 Å². The minimum atomic E-state index is -4.00. The molecule has 1 N–H and O–H groups in total. The van der Waals surface area contributed by atoms with Crippen LogP contribution in [0, 0.1) is 0 Å². The van der Waals surface area contributed by atoms with Gasteiger partial charge in [0.15, 0.2) is 0 Å². The average Bonchev–Trinajstić information content (AvgIpc) is 2.24. The maximum atomic E-state index is 12.0. The molecule has 0 spiro atoms. The normalized spacial score (nSPS) is 24.4. The number of halogens is 3. The van der Waals surface area contributed by atoms with Crippen molar-refractivity contribution in [2.75, 3.05) is 12.8 Å². The lowest BCUT2D eigenvalue weighted by atomic mass is 10.0. The van der Waals surface area contributed by atoms with Gasteiger partial charge in [-0.3, -0.25) is 0 Å². The van der Waals surface area contributed by atoms with Crippen molar-refractivity contribution in [3.63, 3.8) is 0 Å². The second kappa shape index (κ2) is 6.74. The molecule has 0 aromatic heterocycles. The Morgan fingerprint density at radius 1 is 1.38 bits per heavy atom. The first-order chi connectivity index (χ1) is 7.53. The highest BCUT2D eigenvalue weighted by Crippen LogP contribution is 2.30. The number of hydrogen-bond acceptors (Lipinski definition) is 2. The maximum Gasteiger partial charge on any atom is 0.389 e. The van der Waals surface area contributed by atoms with E-state index in [0.717, 1.165) is 12.2 Å². The molecule has 0 saturated carbocycles. The molecule has 2 unspecified atom stereocenters. The Labute approximate surface area is 99.6 Å². The Hall–Kier alpha value is 0.100. The summed E-state index contributed by atoms with van der Waals surface area (Å²) < 4.78 is 36.1. The summed E-state index contributed by atoms with van der Waals surface area (Å²) in [4.78, 5) is 0. The van der Waals surface area contributed by atoms with Crippen LogP contribution in [0.2, 0.25) is 0 Å². The molecule has 0 aromatic carbocycles. The van der Waals surface area contributed by atoms with Crippen LogP contribution in [0.4, 0.5) is 13.2 Å². The Morgan fingerprint density at radius 3 is 2.62 bits per heavy atom. The van der Waals surface area contributed by atoms with Crippen LogP contribution in [0.3, 0.4) is 0 Å². The fourth-order valence-electron chi connectivity index (χ4n) is 2.12. The van der Waals surface area contributed by atoms with Gasteiger partial charge < -0.3 is 5.32 Å². The summed E-state index contributed by atoms with van der Waals surface area (Å²) in [6, 6.07) is 0.243. The molecular formula is C11H20F3NS. The summed E-state index contributed by atoms with van der Waals surface area (Å²) in [6.45, 7) is 0. The van der Waals surface area contributed by atoms with Crippen molar-refractivity contribution < 1.29 is 13.2 Å². The molecule has 1 heterocycles. The quantitative estimate of drug-likeness (QED) is 0.805. The van der Waals surface area contributed by atoms with Crippen LogP contribution in [-0.2, 0) is 0 Å². The fraction of sp³-hybridized carbons (Fsp3) is 1.00. The minimum Gasteiger partial charge on any atom is -0.316 e. The number of alkyl halides is 3. The van der Waals surface area contributed by atoms with E-state index in [0.29, 0.717) is 11.7 Å². The minimum absolute atomic E-state index is 0.242. The van der Waals surface area contributed by atoms with Crippen molar-refractivity contribution >= 4 is 11.8 Å². The van der Waals surface area contributed by atoms with Crippen molar-refractivity contribution in [1.29, 1.82) is 0 Å². The molecule has 5 heteroatoms. The van der Waals surface area contributed by atoms with E-state index in [-0.39, 0.29) is 12.5 Å². The van der Waals surface area contributed by atoms with Gasteiger partial charge in [-0.1, -0.05) is 6.42 Å². The molecule has 0 aromatic rings. The van der Waals surface area contributed by atoms with Gasteiger partial charge >= 0.3 is 6.18 Å². The Morgan fingerprint density at radius 2 is 2.12 bits per heavy atom. The number of thioether (sulfide) groups is 1. The predicted octanol–water partition coefficient (Wildman–Crippen LogP) is 3.59.